The molecule has 1 amide bonds. The molecule has 268 valence electrons. The molecule has 0 bridgehead atoms. The van der Waals surface area contributed by atoms with Gasteiger partial charge in [0, 0.05) is 17.7 Å². The van der Waals surface area contributed by atoms with Crippen LogP contribution in [0, 0.1) is 20.2 Å². The number of sulfone groups is 2. The summed E-state index contributed by atoms with van der Waals surface area (Å²) in [5.74, 6) is -1.31. The molecule has 18 heteroatoms. The number of rotatable bonds is 10. The number of nitrogens with two attached hydrogens (primary N) is 2. The number of aliphatic imine (C=N–C) groups is 1. The number of nitro benzene ring substituents is 2. The standard InChI is InChI=1S/C16H22N4O5S.C15H18ClNO5S/c1-2-10-8-14(26(24,25)11-6-4-3-5-7-11)13(20(22)23)9-12(10)15(21)19-16(17)18;1-2-10-8-14(13(17(19)20)9-12(10)15(16)18)23(21,22)11-6-4-3-5-7-11/h8-9,11H,2-7H2,1H3,(H4,17,18,19,21);8-9,11H,2-7H2,1H3. The van der Waals surface area contributed by atoms with E-state index in [-0.39, 0.29) is 20.9 Å². The highest BCUT2D eigenvalue weighted by molar-refractivity contribution is 7.92. The molecule has 0 unspecified atom stereocenters. The zero-order chi connectivity index (χ0) is 36.7. The first kappa shape index (κ1) is 39.5. The Kier molecular flexibility index (Phi) is 13.4. The monoisotopic (exact) mass is 741 g/mol. The van der Waals surface area contributed by atoms with Crippen molar-refractivity contribution in [1.29, 1.82) is 0 Å². The summed E-state index contributed by atoms with van der Waals surface area (Å²) in [6.45, 7) is 3.45. The quantitative estimate of drug-likeness (QED) is 0.103. The average Bonchev–Trinajstić information content (AvgIpc) is 3.07. The molecule has 0 saturated heterocycles. The minimum absolute atomic E-state index is 0.0107. The summed E-state index contributed by atoms with van der Waals surface area (Å²) < 4.78 is 51.6. The van der Waals surface area contributed by atoms with Gasteiger partial charge in [-0.1, -0.05) is 52.4 Å². The number of carbonyl (C=O) groups is 2. The third kappa shape index (κ3) is 9.19. The van der Waals surface area contributed by atoms with Gasteiger partial charge in [-0.3, -0.25) is 29.8 Å². The van der Waals surface area contributed by atoms with E-state index in [2.05, 4.69) is 4.99 Å². The predicted octanol–water partition coefficient (Wildman–Crippen LogP) is 5.32. The molecule has 4 N–H and O–H groups in total. The Morgan fingerprint density at radius 2 is 1.10 bits per heavy atom. The summed E-state index contributed by atoms with van der Waals surface area (Å²) in [7, 11) is -7.68. The van der Waals surface area contributed by atoms with Crippen molar-refractivity contribution in [3.8, 4) is 0 Å². The molecule has 2 fully saturated rings. The van der Waals surface area contributed by atoms with Gasteiger partial charge in [-0.25, -0.2) is 16.8 Å². The van der Waals surface area contributed by atoms with Crippen LogP contribution in [0.1, 0.15) is 110 Å². The van der Waals surface area contributed by atoms with Gasteiger partial charge < -0.3 is 11.5 Å². The molecule has 2 aromatic rings. The van der Waals surface area contributed by atoms with Crippen LogP contribution < -0.4 is 11.5 Å². The summed E-state index contributed by atoms with van der Waals surface area (Å²) in [6, 6.07) is 4.42. The molecule has 0 spiro atoms. The molecule has 2 aliphatic carbocycles. The lowest BCUT2D eigenvalue weighted by Crippen LogP contribution is -2.26. The van der Waals surface area contributed by atoms with Crippen molar-refractivity contribution in [2.45, 2.75) is 111 Å². The van der Waals surface area contributed by atoms with Crippen molar-refractivity contribution in [3.05, 3.63) is 66.7 Å². The van der Waals surface area contributed by atoms with Gasteiger partial charge in [0.2, 0.25) is 0 Å². The lowest BCUT2D eigenvalue weighted by molar-refractivity contribution is -0.388. The lowest BCUT2D eigenvalue weighted by Gasteiger charge is -2.22. The van der Waals surface area contributed by atoms with Gasteiger partial charge in [0.1, 0.15) is 9.79 Å². The summed E-state index contributed by atoms with van der Waals surface area (Å²) in [5, 5.41) is 20.7. The first-order valence-electron chi connectivity index (χ1n) is 15.9. The molecule has 2 aromatic carbocycles. The zero-order valence-corrected chi connectivity index (χ0v) is 29.6. The van der Waals surface area contributed by atoms with E-state index in [9.17, 15) is 46.7 Å². The summed E-state index contributed by atoms with van der Waals surface area (Å²) in [4.78, 5) is 47.6. The number of aryl methyl sites for hydroxylation is 2. The van der Waals surface area contributed by atoms with Crippen LogP contribution >= 0.6 is 11.6 Å². The van der Waals surface area contributed by atoms with Crippen molar-refractivity contribution in [3.63, 3.8) is 0 Å². The molecule has 0 atom stereocenters. The maximum atomic E-state index is 13.0. The number of nitrogens with zero attached hydrogens (tertiary/aromatic N) is 3. The van der Waals surface area contributed by atoms with Crippen molar-refractivity contribution >= 4 is 59.8 Å². The average molecular weight is 742 g/mol. The largest absolute Gasteiger partial charge is 0.370 e. The van der Waals surface area contributed by atoms with E-state index in [0.717, 1.165) is 50.7 Å². The fourth-order valence-corrected chi connectivity index (χ4v) is 10.5. The Morgan fingerprint density at radius 1 is 0.735 bits per heavy atom. The molecule has 2 saturated carbocycles. The fourth-order valence-electron chi connectivity index (χ4n) is 6.22. The van der Waals surface area contributed by atoms with Crippen molar-refractivity contribution in [2.75, 3.05) is 0 Å². The molecule has 4 rings (SSSR count). The zero-order valence-electron chi connectivity index (χ0n) is 27.2. The van der Waals surface area contributed by atoms with Gasteiger partial charge in [0.15, 0.2) is 25.6 Å². The number of guanidine groups is 1. The van der Waals surface area contributed by atoms with Crippen LogP contribution in [0.25, 0.3) is 0 Å². The van der Waals surface area contributed by atoms with Gasteiger partial charge in [0.05, 0.1) is 25.9 Å². The third-order valence-electron chi connectivity index (χ3n) is 8.79. The van der Waals surface area contributed by atoms with Crippen LogP contribution in [0.15, 0.2) is 39.0 Å². The van der Waals surface area contributed by atoms with Crippen LogP contribution in [0.2, 0.25) is 0 Å². The van der Waals surface area contributed by atoms with Crippen LogP contribution in [0.3, 0.4) is 0 Å². The van der Waals surface area contributed by atoms with E-state index < -0.39 is 68.5 Å². The summed E-state index contributed by atoms with van der Waals surface area (Å²) in [5.41, 5.74) is 9.86. The van der Waals surface area contributed by atoms with Gasteiger partial charge >= 0.3 is 0 Å². The first-order valence-corrected chi connectivity index (χ1v) is 19.4. The second-order valence-corrected chi connectivity index (χ2v) is 16.6. The number of benzene rings is 2. The van der Waals surface area contributed by atoms with Crippen LogP contribution in [0.5, 0.6) is 0 Å². The van der Waals surface area contributed by atoms with E-state index in [1.54, 1.807) is 13.8 Å². The van der Waals surface area contributed by atoms with Crippen molar-refractivity contribution in [1.82, 2.24) is 0 Å². The van der Waals surface area contributed by atoms with E-state index in [1.165, 1.54) is 12.1 Å². The molecular formula is C31H40ClN5O10S2. The number of nitro groups is 2. The summed E-state index contributed by atoms with van der Waals surface area (Å²) >= 11 is 5.47. The molecule has 0 aromatic heterocycles. The normalized spacial score (nSPS) is 15.8. The van der Waals surface area contributed by atoms with E-state index >= 15 is 0 Å². The number of amides is 1. The maximum Gasteiger partial charge on any atom is 0.288 e. The number of halogens is 1. The number of hydrogen-bond donors (Lipinski definition) is 2. The third-order valence-corrected chi connectivity index (χ3v) is 13.6. The Hall–Kier alpha value is -3.96. The molecule has 15 nitrogen and oxygen atoms in total. The predicted molar refractivity (Wildman–Crippen MR) is 183 cm³/mol. The molecule has 0 radical (unpaired) electrons. The van der Waals surface area contributed by atoms with E-state index in [1.807, 2.05) is 0 Å². The molecule has 49 heavy (non-hydrogen) atoms. The highest BCUT2D eigenvalue weighted by Gasteiger charge is 2.37. The Balaban J connectivity index is 0.000000267. The van der Waals surface area contributed by atoms with Crippen molar-refractivity contribution in [2.24, 2.45) is 16.5 Å². The molecule has 0 aliphatic heterocycles. The Bertz CT molecular complexity index is 1860. The highest BCUT2D eigenvalue weighted by atomic mass is 35.5. The maximum absolute atomic E-state index is 13.0. The lowest BCUT2D eigenvalue weighted by atomic mass is 10.0. The van der Waals surface area contributed by atoms with Crippen LogP contribution in [0.4, 0.5) is 11.4 Å². The van der Waals surface area contributed by atoms with Gasteiger partial charge in [0.25, 0.3) is 22.5 Å². The molecule has 0 heterocycles. The smallest absolute Gasteiger partial charge is 0.288 e. The van der Waals surface area contributed by atoms with Crippen LogP contribution in [-0.2, 0) is 32.5 Å². The number of carbonyl (C=O) groups excluding carboxylic acids is 2. The SMILES string of the molecule is CCc1cc(S(=O)(=O)C2CCCCC2)c([N+](=O)[O-])cc1C(=O)Cl.CCc1cc(S(=O)(=O)C2CCCCC2)c([N+](=O)[O-])cc1C(=O)N=C(N)N. The summed E-state index contributed by atoms with van der Waals surface area (Å²) in [6.07, 6.45) is 7.74. The molecular weight excluding hydrogens is 702 g/mol. The number of hydrogen-bond acceptors (Lipinski definition) is 10. The molecule has 2 aliphatic rings. The van der Waals surface area contributed by atoms with Crippen molar-refractivity contribution < 1.29 is 36.3 Å². The minimum atomic E-state index is -3.87. The van der Waals surface area contributed by atoms with E-state index in [0.29, 0.717) is 49.7 Å². The Labute approximate surface area is 289 Å². The van der Waals surface area contributed by atoms with Gasteiger partial charge in [-0.15, -0.1) is 0 Å². The Morgan fingerprint density at radius 3 is 1.43 bits per heavy atom. The fraction of sp³-hybridized carbons (Fsp3) is 0.516. The second kappa shape index (κ2) is 16.6. The minimum Gasteiger partial charge on any atom is -0.370 e. The van der Waals surface area contributed by atoms with Gasteiger partial charge in [-0.05, 0) is 73.4 Å². The topological polar surface area (TPSA) is 253 Å². The second-order valence-electron chi connectivity index (χ2n) is 11.9. The van der Waals surface area contributed by atoms with E-state index in [4.69, 9.17) is 23.1 Å². The highest BCUT2D eigenvalue weighted by Crippen LogP contribution is 2.37. The van der Waals surface area contributed by atoms with Gasteiger partial charge in [-0.2, -0.15) is 4.99 Å². The first-order chi connectivity index (χ1) is 23.0. The van der Waals surface area contributed by atoms with Crippen LogP contribution in [-0.4, -0.2) is 54.3 Å².